The maximum absolute atomic E-state index is 13.3. The van der Waals surface area contributed by atoms with Crippen LogP contribution in [0, 0.1) is 5.82 Å². The number of nitrogens with zero attached hydrogens (tertiary/aromatic N) is 3. The van der Waals surface area contributed by atoms with E-state index in [-0.39, 0.29) is 11.7 Å². The van der Waals surface area contributed by atoms with Crippen molar-refractivity contribution < 1.29 is 9.18 Å². The highest BCUT2D eigenvalue weighted by atomic mass is 32.2. The predicted molar refractivity (Wildman–Crippen MR) is 105 cm³/mol. The summed E-state index contributed by atoms with van der Waals surface area (Å²) in [6, 6.07) is 15.9. The average Bonchev–Trinajstić information content (AvgIpc) is 3.03. The Kier molecular flexibility index (Phi) is 6.24. The van der Waals surface area contributed by atoms with E-state index in [0.717, 1.165) is 17.9 Å². The molecule has 1 heterocycles. The molecule has 0 fully saturated rings. The third-order valence-corrected chi connectivity index (χ3v) is 5.14. The summed E-state index contributed by atoms with van der Waals surface area (Å²) in [5, 5.41) is 11.6. The topological polar surface area (TPSA) is 59.8 Å². The number of carbonyl (C=O) groups excluding carboxylic acids is 1. The van der Waals surface area contributed by atoms with Crippen molar-refractivity contribution in [1.82, 2.24) is 14.8 Å². The number of anilines is 1. The minimum Gasteiger partial charge on any atom is -0.325 e. The fourth-order valence-electron chi connectivity index (χ4n) is 2.65. The molecule has 1 N–H and O–H groups in total. The van der Waals surface area contributed by atoms with E-state index in [1.54, 1.807) is 19.1 Å². The molecule has 1 amide bonds. The number of hydrogen-bond acceptors (Lipinski definition) is 4. The fraction of sp³-hybridized carbons (Fsp3) is 0.250. The summed E-state index contributed by atoms with van der Waals surface area (Å²) in [7, 11) is 0. The van der Waals surface area contributed by atoms with Crippen LogP contribution in [-0.4, -0.2) is 25.9 Å². The van der Waals surface area contributed by atoms with Crippen LogP contribution in [0.2, 0.25) is 0 Å². The molecule has 0 radical (unpaired) electrons. The molecule has 0 aliphatic heterocycles. The summed E-state index contributed by atoms with van der Waals surface area (Å²) in [5.41, 5.74) is 1.60. The maximum Gasteiger partial charge on any atom is 0.237 e. The highest BCUT2D eigenvalue weighted by Crippen LogP contribution is 2.24. The van der Waals surface area contributed by atoms with Gasteiger partial charge in [-0.2, -0.15) is 0 Å². The Balaban J connectivity index is 1.68. The number of aromatic nitrogens is 3. The molecular formula is C20H21FN4OS. The Bertz CT molecular complexity index is 913. The standard InChI is InChI=1S/C20H21FN4OS/c1-3-25-18(12-15-8-5-4-6-9-15)23-24-20(25)27-14(2)19(26)22-17-11-7-10-16(21)13-17/h4-11,13-14H,3,12H2,1-2H3,(H,22,26). The van der Waals surface area contributed by atoms with E-state index in [4.69, 9.17) is 0 Å². The van der Waals surface area contributed by atoms with Gasteiger partial charge in [0.2, 0.25) is 5.91 Å². The normalized spacial score (nSPS) is 12.0. The number of rotatable bonds is 7. The molecule has 0 aliphatic rings. The van der Waals surface area contributed by atoms with Gasteiger partial charge in [-0.15, -0.1) is 10.2 Å². The first-order valence-corrected chi connectivity index (χ1v) is 9.64. The number of hydrogen-bond donors (Lipinski definition) is 1. The predicted octanol–water partition coefficient (Wildman–Crippen LogP) is 4.15. The van der Waals surface area contributed by atoms with Crippen molar-refractivity contribution in [2.24, 2.45) is 0 Å². The number of benzene rings is 2. The largest absolute Gasteiger partial charge is 0.325 e. The van der Waals surface area contributed by atoms with E-state index in [0.29, 0.717) is 17.3 Å². The molecule has 0 bridgehead atoms. The van der Waals surface area contributed by atoms with Crippen LogP contribution in [0.3, 0.4) is 0 Å². The Morgan fingerprint density at radius 2 is 1.96 bits per heavy atom. The van der Waals surface area contributed by atoms with E-state index in [1.165, 1.54) is 23.9 Å². The first-order valence-electron chi connectivity index (χ1n) is 8.76. The number of halogens is 1. The van der Waals surface area contributed by atoms with Crippen molar-refractivity contribution >= 4 is 23.4 Å². The third kappa shape index (κ3) is 4.95. The zero-order valence-electron chi connectivity index (χ0n) is 15.2. The van der Waals surface area contributed by atoms with E-state index >= 15 is 0 Å². The third-order valence-electron chi connectivity index (χ3n) is 4.06. The second-order valence-electron chi connectivity index (χ2n) is 6.07. The lowest BCUT2D eigenvalue weighted by Crippen LogP contribution is -2.23. The van der Waals surface area contributed by atoms with Crippen molar-refractivity contribution in [3.05, 3.63) is 71.8 Å². The van der Waals surface area contributed by atoms with Gasteiger partial charge in [0.15, 0.2) is 5.16 Å². The van der Waals surface area contributed by atoms with Crippen molar-refractivity contribution in [3.63, 3.8) is 0 Å². The van der Waals surface area contributed by atoms with E-state index in [2.05, 4.69) is 27.6 Å². The molecule has 1 atom stereocenters. The van der Waals surface area contributed by atoms with Crippen molar-refractivity contribution in [2.75, 3.05) is 5.32 Å². The zero-order valence-corrected chi connectivity index (χ0v) is 16.0. The number of amides is 1. The molecule has 1 unspecified atom stereocenters. The molecule has 7 heteroatoms. The van der Waals surface area contributed by atoms with Gasteiger partial charge in [0.1, 0.15) is 11.6 Å². The molecule has 2 aromatic carbocycles. The molecule has 0 aliphatic carbocycles. The Morgan fingerprint density at radius 1 is 1.19 bits per heavy atom. The lowest BCUT2D eigenvalue weighted by molar-refractivity contribution is -0.115. The van der Waals surface area contributed by atoms with Gasteiger partial charge < -0.3 is 9.88 Å². The monoisotopic (exact) mass is 384 g/mol. The van der Waals surface area contributed by atoms with Crippen molar-refractivity contribution in [1.29, 1.82) is 0 Å². The maximum atomic E-state index is 13.3. The zero-order chi connectivity index (χ0) is 19.2. The van der Waals surface area contributed by atoms with E-state index < -0.39 is 5.25 Å². The Morgan fingerprint density at radius 3 is 2.67 bits per heavy atom. The van der Waals surface area contributed by atoms with Crippen LogP contribution in [0.25, 0.3) is 0 Å². The Hall–Kier alpha value is -2.67. The van der Waals surface area contributed by atoms with Crippen LogP contribution >= 0.6 is 11.8 Å². The van der Waals surface area contributed by atoms with Gasteiger partial charge in [-0.05, 0) is 37.6 Å². The summed E-state index contributed by atoms with van der Waals surface area (Å²) in [5.74, 6) is 0.272. The first-order chi connectivity index (χ1) is 13.1. The highest BCUT2D eigenvalue weighted by molar-refractivity contribution is 8.00. The summed E-state index contributed by atoms with van der Waals surface area (Å²) in [4.78, 5) is 12.4. The lowest BCUT2D eigenvalue weighted by atomic mass is 10.1. The minimum atomic E-state index is -0.396. The van der Waals surface area contributed by atoms with Gasteiger partial charge in [0.25, 0.3) is 0 Å². The lowest BCUT2D eigenvalue weighted by Gasteiger charge is -2.13. The van der Waals surface area contributed by atoms with Gasteiger partial charge >= 0.3 is 0 Å². The van der Waals surface area contributed by atoms with Gasteiger partial charge in [-0.3, -0.25) is 4.79 Å². The summed E-state index contributed by atoms with van der Waals surface area (Å²) < 4.78 is 15.3. The number of carbonyl (C=O) groups is 1. The van der Waals surface area contributed by atoms with Crippen LogP contribution in [0.4, 0.5) is 10.1 Å². The quantitative estimate of drug-likeness (QED) is 0.622. The summed E-state index contributed by atoms with van der Waals surface area (Å²) >= 11 is 1.34. The molecule has 0 spiro atoms. The SMILES string of the molecule is CCn1c(Cc2ccccc2)nnc1SC(C)C(=O)Nc1cccc(F)c1. The van der Waals surface area contributed by atoms with Gasteiger partial charge in [-0.1, -0.05) is 48.2 Å². The van der Waals surface area contributed by atoms with E-state index in [9.17, 15) is 9.18 Å². The summed E-state index contributed by atoms with van der Waals surface area (Å²) in [6.07, 6.45) is 0.687. The smallest absolute Gasteiger partial charge is 0.237 e. The molecule has 27 heavy (non-hydrogen) atoms. The average molecular weight is 384 g/mol. The molecule has 140 valence electrons. The molecule has 0 saturated heterocycles. The number of thioether (sulfide) groups is 1. The Labute approximate surface area is 162 Å². The molecular weight excluding hydrogens is 363 g/mol. The van der Waals surface area contributed by atoms with Gasteiger partial charge in [0, 0.05) is 18.7 Å². The van der Waals surface area contributed by atoms with Gasteiger partial charge in [-0.25, -0.2) is 4.39 Å². The molecule has 5 nitrogen and oxygen atoms in total. The molecule has 3 aromatic rings. The fourth-order valence-corrected chi connectivity index (χ4v) is 3.59. The first kappa shape index (κ1) is 19.1. The summed E-state index contributed by atoms with van der Waals surface area (Å²) in [6.45, 7) is 4.54. The second kappa shape index (κ2) is 8.81. The molecule has 0 saturated carbocycles. The van der Waals surface area contributed by atoms with Crippen LogP contribution in [0.1, 0.15) is 25.2 Å². The molecule has 3 rings (SSSR count). The van der Waals surface area contributed by atoms with Crippen molar-refractivity contribution in [2.45, 2.75) is 37.2 Å². The number of nitrogens with one attached hydrogen (secondary N) is 1. The van der Waals surface area contributed by atoms with Crippen LogP contribution < -0.4 is 5.32 Å². The van der Waals surface area contributed by atoms with E-state index in [1.807, 2.05) is 29.7 Å². The van der Waals surface area contributed by atoms with Crippen molar-refractivity contribution in [3.8, 4) is 0 Å². The molecule has 1 aromatic heterocycles. The van der Waals surface area contributed by atoms with Gasteiger partial charge in [0.05, 0.1) is 5.25 Å². The van der Waals surface area contributed by atoms with Crippen LogP contribution in [-0.2, 0) is 17.8 Å². The van der Waals surface area contributed by atoms with Crippen LogP contribution in [0.5, 0.6) is 0 Å². The minimum absolute atomic E-state index is 0.208. The highest BCUT2D eigenvalue weighted by Gasteiger charge is 2.20. The van der Waals surface area contributed by atoms with Crippen LogP contribution in [0.15, 0.2) is 59.8 Å². The second-order valence-corrected chi connectivity index (χ2v) is 7.37.